The van der Waals surface area contributed by atoms with Crippen LogP contribution >= 0.6 is 0 Å². The number of Topliss-reactive ketones (excluding diaryl/α,β-unsaturated/α-hetero) is 1. The van der Waals surface area contributed by atoms with Gasteiger partial charge in [0.2, 0.25) is 0 Å². The summed E-state index contributed by atoms with van der Waals surface area (Å²) in [5, 5.41) is 2.67. The molecule has 39 heavy (non-hydrogen) atoms. The van der Waals surface area contributed by atoms with Gasteiger partial charge in [0.1, 0.15) is 5.60 Å². The zero-order valence-electron chi connectivity index (χ0n) is 21.7. The van der Waals surface area contributed by atoms with Gasteiger partial charge in [-0.1, -0.05) is 24.3 Å². The highest BCUT2D eigenvalue weighted by Crippen LogP contribution is 2.39. The van der Waals surface area contributed by atoms with Gasteiger partial charge >= 0.3 is 6.09 Å². The molecule has 0 aromatic heterocycles. The van der Waals surface area contributed by atoms with Crippen molar-refractivity contribution in [2.24, 2.45) is 0 Å². The van der Waals surface area contributed by atoms with Crippen molar-refractivity contribution < 1.29 is 31.9 Å². The minimum absolute atomic E-state index is 0.189. The molecule has 4 rings (SSSR count). The Morgan fingerprint density at radius 2 is 1.28 bits per heavy atom. The topological polar surface area (TPSA) is 55.4 Å². The van der Waals surface area contributed by atoms with E-state index in [4.69, 9.17) is 4.74 Å². The molecular weight excluding hydrogens is 510 g/mol. The van der Waals surface area contributed by atoms with Crippen molar-refractivity contribution in [3.8, 4) is 0 Å². The minimum Gasteiger partial charge on any atom is -0.444 e. The molecule has 0 radical (unpaired) electrons. The van der Waals surface area contributed by atoms with E-state index in [9.17, 15) is 27.2 Å². The molecule has 0 saturated heterocycles. The number of hydrogen-bond acceptors (Lipinski definition) is 3. The van der Waals surface area contributed by atoms with Crippen LogP contribution in [-0.4, -0.2) is 17.5 Å². The lowest BCUT2D eigenvalue weighted by Crippen LogP contribution is -2.27. The van der Waals surface area contributed by atoms with E-state index in [2.05, 4.69) is 5.32 Å². The summed E-state index contributed by atoms with van der Waals surface area (Å²) in [7, 11) is 0. The molecule has 202 valence electrons. The molecule has 0 aliphatic heterocycles. The molecule has 1 fully saturated rings. The molecular formula is C31H27F4NO3. The first-order valence-electron chi connectivity index (χ1n) is 12.3. The summed E-state index contributed by atoms with van der Waals surface area (Å²) in [4.78, 5) is 25.5. The standard InChI is InChI=1S/C31H27F4NO3/c1-31(2,3)39-30(38)36-24-8-6-20(7-9-24)21-16-22(12-18-4-10-25(32)27(34)14-18)29(37)23(17-21)13-19-5-11-26(33)28(35)15-19/h4-15,21H,16-17H2,1-3H3,(H,36,38)/b22-12+,23-13+. The number of carbonyl (C=O) groups is 2. The largest absolute Gasteiger partial charge is 0.444 e. The Kier molecular flexibility index (Phi) is 8.04. The van der Waals surface area contributed by atoms with Crippen molar-refractivity contribution in [1.82, 2.24) is 0 Å². The van der Waals surface area contributed by atoms with Crippen LogP contribution < -0.4 is 5.32 Å². The molecule has 0 heterocycles. The van der Waals surface area contributed by atoms with Gasteiger partial charge in [-0.2, -0.15) is 0 Å². The molecule has 0 bridgehead atoms. The van der Waals surface area contributed by atoms with Crippen LogP contribution in [0.15, 0.2) is 71.8 Å². The summed E-state index contributed by atoms with van der Waals surface area (Å²) in [6, 6.07) is 13.8. The third-order valence-electron chi connectivity index (χ3n) is 6.11. The van der Waals surface area contributed by atoms with E-state index in [1.807, 2.05) is 12.1 Å². The summed E-state index contributed by atoms with van der Waals surface area (Å²) in [6.45, 7) is 5.28. The Morgan fingerprint density at radius 3 is 1.72 bits per heavy atom. The predicted octanol–water partition coefficient (Wildman–Crippen LogP) is 8.20. The molecule has 3 aromatic rings. The summed E-state index contributed by atoms with van der Waals surface area (Å²) in [6.07, 6.45) is 3.05. The zero-order chi connectivity index (χ0) is 28.3. The molecule has 1 aliphatic rings. The van der Waals surface area contributed by atoms with Crippen LogP contribution in [0.5, 0.6) is 0 Å². The average Bonchev–Trinajstić information content (AvgIpc) is 2.85. The predicted molar refractivity (Wildman–Crippen MR) is 142 cm³/mol. The third kappa shape index (κ3) is 7.22. The minimum atomic E-state index is -1.03. The quantitative estimate of drug-likeness (QED) is 0.270. The highest BCUT2D eigenvalue weighted by atomic mass is 19.2. The van der Waals surface area contributed by atoms with Crippen molar-refractivity contribution >= 4 is 29.7 Å². The van der Waals surface area contributed by atoms with Gasteiger partial charge in [-0.25, -0.2) is 22.4 Å². The van der Waals surface area contributed by atoms with Gasteiger partial charge < -0.3 is 4.74 Å². The summed E-state index contributed by atoms with van der Waals surface area (Å²) in [5.41, 5.74) is 2.11. The number of hydrogen-bond donors (Lipinski definition) is 1. The molecule has 1 amide bonds. The Labute approximate surface area is 224 Å². The molecule has 3 aromatic carbocycles. The van der Waals surface area contributed by atoms with E-state index < -0.39 is 35.0 Å². The van der Waals surface area contributed by atoms with E-state index in [0.29, 0.717) is 40.8 Å². The van der Waals surface area contributed by atoms with Crippen LogP contribution in [-0.2, 0) is 9.53 Å². The van der Waals surface area contributed by atoms with Gasteiger partial charge in [-0.05, 0) is 105 Å². The van der Waals surface area contributed by atoms with Crippen LogP contribution in [0.2, 0.25) is 0 Å². The first kappa shape index (κ1) is 27.8. The van der Waals surface area contributed by atoms with Crippen molar-refractivity contribution in [1.29, 1.82) is 0 Å². The molecule has 1 saturated carbocycles. The number of halogens is 4. The van der Waals surface area contributed by atoms with Crippen LogP contribution in [0.3, 0.4) is 0 Å². The van der Waals surface area contributed by atoms with E-state index in [1.165, 1.54) is 24.3 Å². The number of anilines is 1. The number of ether oxygens (including phenoxy) is 1. The van der Waals surface area contributed by atoms with Gasteiger partial charge in [0.25, 0.3) is 0 Å². The molecule has 0 atom stereocenters. The second-order valence-electron chi connectivity index (χ2n) is 10.4. The Hall–Kier alpha value is -4.20. The van der Waals surface area contributed by atoms with Crippen molar-refractivity contribution in [2.75, 3.05) is 5.32 Å². The summed E-state index contributed by atoms with van der Waals surface area (Å²) in [5.74, 6) is -4.56. The van der Waals surface area contributed by atoms with Crippen LogP contribution in [0.25, 0.3) is 12.2 Å². The molecule has 4 nitrogen and oxygen atoms in total. The van der Waals surface area contributed by atoms with E-state index in [-0.39, 0.29) is 11.7 Å². The summed E-state index contributed by atoms with van der Waals surface area (Å²) < 4.78 is 59.8. The highest BCUT2D eigenvalue weighted by molar-refractivity contribution is 6.14. The molecule has 0 unspecified atom stereocenters. The lowest BCUT2D eigenvalue weighted by Gasteiger charge is -2.26. The fourth-order valence-electron chi connectivity index (χ4n) is 4.35. The lowest BCUT2D eigenvalue weighted by molar-refractivity contribution is -0.113. The monoisotopic (exact) mass is 537 g/mol. The maximum Gasteiger partial charge on any atom is 0.412 e. The van der Waals surface area contributed by atoms with Gasteiger partial charge in [0, 0.05) is 16.8 Å². The van der Waals surface area contributed by atoms with Gasteiger partial charge in [0.15, 0.2) is 29.1 Å². The van der Waals surface area contributed by atoms with Gasteiger partial charge in [-0.15, -0.1) is 0 Å². The molecule has 0 spiro atoms. The maximum atomic E-state index is 13.8. The summed E-state index contributed by atoms with van der Waals surface area (Å²) >= 11 is 0. The average molecular weight is 538 g/mol. The van der Waals surface area contributed by atoms with E-state index in [1.54, 1.807) is 32.9 Å². The van der Waals surface area contributed by atoms with Crippen molar-refractivity contribution in [3.63, 3.8) is 0 Å². The van der Waals surface area contributed by atoms with Crippen LogP contribution in [0.4, 0.5) is 28.0 Å². The Bertz CT molecular complexity index is 1400. The third-order valence-corrected chi connectivity index (χ3v) is 6.11. The van der Waals surface area contributed by atoms with E-state index >= 15 is 0 Å². The van der Waals surface area contributed by atoms with Crippen LogP contribution in [0.1, 0.15) is 56.2 Å². The lowest BCUT2D eigenvalue weighted by atomic mass is 9.76. The molecule has 1 N–H and O–H groups in total. The number of carbonyl (C=O) groups excluding carboxylic acids is 2. The number of benzene rings is 3. The first-order valence-corrected chi connectivity index (χ1v) is 12.3. The number of nitrogens with one attached hydrogen (secondary N) is 1. The van der Waals surface area contributed by atoms with E-state index in [0.717, 1.165) is 29.8 Å². The van der Waals surface area contributed by atoms with Crippen molar-refractivity contribution in [3.05, 3.63) is 112 Å². The number of rotatable bonds is 4. The number of ketones is 1. The van der Waals surface area contributed by atoms with Crippen molar-refractivity contribution in [2.45, 2.75) is 45.1 Å². The normalized spacial score (nSPS) is 17.9. The Morgan fingerprint density at radius 1 is 0.795 bits per heavy atom. The SMILES string of the molecule is CC(C)(C)OC(=O)Nc1ccc(C2C/C(=C\c3ccc(F)c(F)c3)C(=O)/C(=C/c3ccc(F)c(F)c3)C2)cc1. The first-order chi connectivity index (χ1) is 18.4. The fourth-order valence-corrected chi connectivity index (χ4v) is 4.35. The highest BCUT2D eigenvalue weighted by Gasteiger charge is 2.29. The molecule has 1 aliphatic carbocycles. The molecule has 8 heteroatoms. The maximum absolute atomic E-state index is 13.8. The second-order valence-corrected chi connectivity index (χ2v) is 10.4. The smallest absolute Gasteiger partial charge is 0.412 e. The van der Waals surface area contributed by atoms with Crippen LogP contribution in [0, 0.1) is 23.3 Å². The Balaban J connectivity index is 1.65. The fraction of sp³-hybridized carbons (Fsp3) is 0.226. The van der Waals surface area contributed by atoms with Gasteiger partial charge in [0.05, 0.1) is 0 Å². The number of allylic oxidation sites excluding steroid dienone is 2. The number of amides is 1. The second kappa shape index (κ2) is 11.3. The zero-order valence-corrected chi connectivity index (χ0v) is 21.7. The van der Waals surface area contributed by atoms with Gasteiger partial charge in [-0.3, -0.25) is 10.1 Å².